The largest absolute Gasteiger partial charge is 0.278 e. The van der Waals surface area contributed by atoms with E-state index in [1.165, 1.54) is 0 Å². The molecule has 4 nitrogen and oxygen atoms in total. The second-order valence-electron chi connectivity index (χ2n) is 3.03. The predicted molar refractivity (Wildman–Crippen MR) is 59.0 cm³/mol. The molecule has 1 aromatic rings. The Morgan fingerprint density at radius 3 is 2.67 bits per heavy atom. The van der Waals surface area contributed by atoms with Crippen LogP contribution in [-0.2, 0) is 10.0 Å². The van der Waals surface area contributed by atoms with Gasteiger partial charge in [0.05, 0.1) is 15.8 Å². The molecular formula is C8H6Cl2N2O2S. The number of halogens is 2. The second kappa shape index (κ2) is 3.37. The molecule has 1 aliphatic heterocycles. The molecule has 0 aliphatic carbocycles. The topological polar surface area (TPSA) is 58.5 Å². The van der Waals surface area contributed by atoms with Gasteiger partial charge in [0, 0.05) is 5.56 Å². The van der Waals surface area contributed by atoms with E-state index in [4.69, 9.17) is 23.2 Å². The number of hydrazone groups is 1. The number of benzene rings is 1. The highest BCUT2D eigenvalue weighted by atomic mass is 35.5. The van der Waals surface area contributed by atoms with Crippen LogP contribution in [0.3, 0.4) is 0 Å². The molecule has 0 amide bonds. The molecule has 0 unspecified atom stereocenters. The van der Waals surface area contributed by atoms with Gasteiger partial charge in [-0.05, 0) is 13.0 Å². The van der Waals surface area contributed by atoms with Crippen molar-refractivity contribution in [1.82, 2.24) is 4.83 Å². The second-order valence-corrected chi connectivity index (χ2v) is 5.41. The van der Waals surface area contributed by atoms with E-state index in [0.717, 1.165) is 0 Å². The zero-order chi connectivity index (χ0) is 11.2. The van der Waals surface area contributed by atoms with Gasteiger partial charge in [0.1, 0.15) is 4.90 Å². The number of sulfonamides is 1. The van der Waals surface area contributed by atoms with Gasteiger partial charge in [-0.15, -0.1) is 0 Å². The smallest absolute Gasteiger partial charge is 0.200 e. The Bertz CT molecular complexity index is 566. The molecule has 0 fully saturated rings. The van der Waals surface area contributed by atoms with Gasteiger partial charge in [-0.2, -0.15) is 18.4 Å². The molecule has 15 heavy (non-hydrogen) atoms. The first kappa shape index (κ1) is 10.7. The van der Waals surface area contributed by atoms with E-state index in [-0.39, 0.29) is 14.9 Å². The van der Waals surface area contributed by atoms with Crippen molar-refractivity contribution in [3.63, 3.8) is 0 Å². The Kier molecular flexibility index (Phi) is 2.41. The molecule has 1 N–H and O–H groups in total. The lowest BCUT2D eigenvalue weighted by molar-refractivity contribution is 0.582. The third-order valence-electron chi connectivity index (χ3n) is 2.04. The molecular weight excluding hydrogens is 259 g/mol. The summed E-state index contributed by atoms with van der Waals surface area (Å²) in [5, 5.41) is 3.90. The minimum Gasteiger partial charge on any atom is -0.200 e. The number of hydrogen-bond acceptors (Lipinski definition) is 3. The fraction of sp³-hybridized carbons (Fsp3) is 0.125. The van der Waals surface area contributed by atoms with Crippen LogP contribution in [-0.4, -0.2) is 14.1 Å². The molecule has 80 valence electrons. The molecule has 0 atom stereocenters. The zero-order valence-electron chi connectivity index (χ0n) is 7.58. The van der Waals surface area contributed by atoms with Crippen LogP contribution in [0.1, 0.15) is 12.5 Å². The van der Waals surface area contributed by atoms with Crippen LogP contribution in [0, 0.1) is 0 Å². The molecule has 0 saturated carbocycles. The molecule has 1 aliphatic rings. The molecule has 0 aromatic heterocycles. The summed E-state index contributed by atoms with van der Waals surface area (Å²) in [5.74, 6) is 0. The fourth-order valence-electron chi connectivity index (χ4n) is 1.31. The van der Waals surface area contributed by atoms with Crippen molar-refractivity contribution in [2.45, 2.75) is 11.8 Å². The van der Waals surface area contributed by atoms with Crippen LogP contribution < -0.4 is 4.83 Å². The van der Waals surface area contributed by atoms with Crippen LogP contribution in [0.5, 0.6) is 0 Å². The lowest BCUT2D eigenvalue weighted by Gasteiger charge is -2.17. The van der Waals surface area contributed by atoms with Crippen molar-refractivity contribution in [1.29, 1.82) is 0 Å². The molecule has 1 heterocycles. The summed E-state index contributed by atoms with van der Waals surface area (Å²) >= 11 is 11.6. The fourth-order valence-corrected chi connectivity index (χ4v) is 3.20. The van der Waals surface area contributed by atoms with E-state index < -0.39 is 10.0 Å². The van der Waals surface area contributed by atoms with Gasteiger partial charge in [-0.3, -0.25) is 0 Å². The van der Waals surface area contributed by atoms with E-state index >= 15 is 0 Å². The molecule has 2 rings (SSSR count). The average Bonchev–Trinajstić information content (AvgIpc) is 2.16. The SMILES string of the molecule is CC1=NNS(=O)(=O)c2c1ccc(Cl)c2Cl. The Morgan fingerprint density at radius 1 is 1.33 bits per heavy atom. The summed E-state index contributed by atoms with van der Waals surface area (Å²) in [6.07, 6.45) is 0. The van der Waals surface area contributed by atoms with E-state index in [0.29, 0.717) is 11.3 Å². The molecule has 1 aromatic carbocycles. The van der Waals surface area contributed by atoms with Crippen LogP contribution in [0.4, 0.5) is 0 Å². The van der Waals surface area contributed by atoms with Crippen molar-refractivity contribution >= 4 is 38.9 Å². The van der Waals surface area contributed by atoms with E-state index in [9.17, 15) is 8.42 Å². The maximum atomic E-state index is 11.6. The highest BCUT2D eigenvalue weighted by Crippen LogP contribution is 2.33. The number of fused-ring (bicyclic) bond motifs is 1. The summed E-state index contributed by atoms with van der Waals surface area (Å²) in [7, 11) is -3.68. The van der Waals surface area contributed by atoms with Crippen molar-refractivity contribution in [3.8, 4) is 0 Å². The first-order chi connectivity index (χ1) is 6.93. The van der Waals surface area contributed by atoms with Gasteiger partial charge >= 0.3 is 0 Å². The Hall–Kier alpha value is -0.780. The quantitative estimate of drug-likeness (QED) is 0.780. The van der Waals surface area contributed by atoms with Crippen molar-refractivity contribution in [3.05, 3.63) is 27.7 Å². The number of rotatable bonds is 0. The van der Waals surface area contributed by atoms with E-state index in [1.54, 1.807) is 19.1 Å². The maximum absolute atomic E-state index is 11.6. The number of hydrogen-bond donors (Lipinski definition) is 1. The van der Waals surface area contributed by atoms with Crippen molar-refractivity contribution in [2.75, 3.05) is 0 Å². The lowest BCUT2D eigenvalue weighted by atomic mass is 10.1. The Labute approximate surface area is 96.9 Å². The molecule has 0 bridgehead atoms. The highest BCUT2D eigenvalue weighted by Gasteiger charge is 2.28. The van der Waals surface area contributed by atoms with Gasteiger partial charge in [0.25, 0.3) is 10.0 Å². The summed E-state index contributed by atoms with van der Waals surface area (Å²) in [6, 6.07) is 3.13. The molecule has 7 heteroatoms. The summed E-state index contributed by atoms with van der Waals surface area (Å²) < 4.78 is 23.3. The van der Waals surface area contributed by atoms with E-state index in [2.05, 4.69) is 5.10 Å². The normalized spacial score (nSPS) is 17.7. The molecule has 0 radical (unpaired) electrons. The van der Waals surface area contributed by atoms with E-state index in [1.807, 2.05) is 4.83 Å². The minimum atomic E-state index is -3.68. The highest BCUT2D eigenvalue weighted by molar-refractivity contribution is 7.89. The van der Waals surface area contributed by atoms with Gasteiger partial charge in [0.2, 0.25) is 0 Å². The third-order valence-corrected chi connectivity index (χ3v) is 4.25. The first-order valence-electron chi connectivity index (χ1n) is 3.98. The monoisotopic (exact) mass is 264 g/mol. The van der Waals surface area contributed by atoms with Crippen LogP contribution in [0.15, 0.2) is 22.1 Å². The van der Waals surface area contributed by atoms with Gasteiger partial charge in [0.15, 0.2) is 0 Å². The number of nitrogens with one attached hydrogen (secondary N) is 1. The summed E-state index contributed by atoms with van der Waals surface area (Å²) in [6.45, 7) is 1.69. The van der Waals surface area contributed by atoms with Crippen molar-refractivity contribution in [2.24, 2.45) is 5.10 Å². The van der Waals surface area contributed by atoms with Crippen molar-refractivity contribution < 1.29 is 8.42 Å². The zero-order valence-corrected chi connectivity index (χ0v) is 9.91. The molecule has 0 saturated heterocycles. The van der Waals surface area contributed by atoms with Crippen LogP contribution >= 0.6 is 23.2 Å². The third kappa shape index (κ3) is 1.60. The predicted octanol–water partition coefficient (Wildman–Crippen LogP) is 2.01. The summed E-state index contributed by atoms with van der Waals surface area (Å²) in [4.78, 5) is 2.04. The summed E-state index contributed by atoms with van der Waals surface area (Å²) in [5.41, 5.74) is 1.03. The Balaban J connectivity index is 2.89. The average molecular weight is 265 g/mol. The molecule has 0 spiro atoms. The minimum absolute atomic E-state index is 0.0100. The van der Waals surface area contributed by atoms with Crippen LogP contribution in [0.2, 0.25) is 10.0 Å². The van der Waals surface area contributed by atoms with Gasteiger partial charge in [-0.1, -0.05) is 29.3 Å². The Morgan fingerprint density at radius 2 is 2.00 bits per heavy atom. The van der Waals surface area contributed by atoms with Crippen LogP contribution in [0.25, 0.3) is 0 Å². The first-order valence-corrected chi connectivity index (χ1v) is 6.22. The van der Waals surface area contributed by atoms with Gasteiger partial charge < -0.3 is 0 Å². The lowest BCUT2D eigenvalue weighted by Crippen LogP contribution is -2.27. The standard InChI is InChI=1S/C8H6Cl2N2O2S/c1-4-5-2-3-6(9)7(10)8(5)15(13,14)12-11-4/h2-3,12H,1H3. The number of nitrogens with zero attached hydrogens (tertiary/aromatic N) is 1. The maximum Gasteiger partial charge on any atom is 0.278 e. The van der Waals surface area contributed by atoms with Gasteiger partial charge in [-0.25, -0.2) is 0 Å².